The van der Waals surface area contributed by atoms with E-state index in [9.17, 15) is 0 Å². The Morgan fingerprint density at radius 3 is 3.06 bits per heavy atom. The van der Waals surface area contributed by atoms with Crippen molar-refractivity contribution in [2.24, 2.45) is 0 Å². The summed E-state index contributed by atoms with van der Waals surface area (Å²) in [6, 6.07) is 5.32. The molecule has 4 nitrogen and oxygen atoms in total. The molecule has 3 heterocycles. The lowest BCUT2D eigenvalue weighted by molar-refractivity contribution is 0.480. The van der Waals surface area contributed by atoms with Gasteiger partial charge in [-0.1, -0.05) is 0 Å². The SMILES string of the molecule is c1cnnc(N2CCCC2C2CCCN2)c1. The molecule has 1 N–H and O–H groups in total. The summed E-state index contributed by atoms with van der Waals surface area (Å²) in [5, 5.41) is 11.8. The third-order valence-electron chi connectivity index (χ3n) is 3.71. The molecule has 0 amide bonds. The molecule has 0 saturated carbocycles. The van der Waals surface area contributed by atoms with Gasteiger partial charge in [0.15, 0.2) is 5.82 Å². The molecule has 4 heteroatoms. The van der Waals surface area contributed by atoms with E-state index < -0.39 is 0 Å². The minimum Gasteiger partial charge on any atom is -0.351 e. The van der Waals surface area contributed by atoms with Crippen LogP contribution in [0.4, 0.5) is 5.82 Å². The zero-order valence-corrected chi connectivity index (χ0v) is 9.47. The minimum absolute atomic E-state index is 0.624. The van der Waals surface area contributed by atoms with E-state index >= 15 is 0 Å². The Morgan fingerprint density at radius 1 is 1.31 bits per heavy atom. The van der Waals surface area contributed by atoms with Gasteiger partial charge >= 0.3 is 0 Å². The first-order valence-electron chi connectivity index (χ1n) is 6.23. The standard InChI is InChI=1S/C12H18N4/c1-4-10(13-7-1)11-5-3-9-16(11)12-6-2-8-14-15-12/h2,6,8,10-11,13H,1,3-5,7,9H2. The maximum atomic E-state index is 4.23. The van der Waals surface area contributed by atoms with Crippen LogP contribution < -0.4 is 10.2 Å². The third-order valence-corrected chi connectivity index (χ3v) is 3.71. The van der Waals surface area contributed by atoms with Gasteiger partial charge in [0.05, 0.1) is 0 Å². The predicted molar refractivity (Wildman–Crippen MR) is 63.4 cm³/mol. The Balaban J connectivity index is 1.78. The molecule has 2 saturated heterocycles. The van der Waals surface area contributed by atoms with Crippen molar-refractivity contribution in [3.05, 3.63) is 18.3 Å². The lowest BCUT2D eigenvalue weighted by Crippen LogP contribution is -2.44. The van der Waals surface area contributed by atoms with Gasteiger partial charge in [-0.05, 0) is 44.4 Å². The molecule has 16 heavy (non-hydrogen) atoms. The fraction of sp³-hybridized carbons (Fsp3) is 0.667. The molecule has 2 aliphatic rings. The maximum absolute atomic E-state index is 4.23. The largest absolute Gasteiger partial charge is 0.351 e. The highest BCUT2D eigenvalue weighted by atomic mass is 15.3. The van der Waals surface area contributed by atoms with E-state index in [0.29, 0.717) is 12.1 Å². The van der Waals surface area contributed by atoms with E-state index in [4.69, 9.17) is 0 Å². The first kappa shape index (κ1) is 10.0. The number of rotatable bonds is 2. The molecule has 0 spiro atoms. The van der Waals surface area contributed by atoms with Gasteiger partial charge < -0.3 is 10.2 Å². The van der Waals surface area contributed by atoms with Crippen LogP contribution in [0.25, 0.3) is 0 Å². The Morgan fingerprint density at radius 2 is 2.31 bits per heavy atom. The Kier molecular flexibility index (Phi) is 2.74. The highest BCUT2D eigenvalue weighted by Crippen LogP contribution is 2.28. The van der Waals surface area contributed by atoms with Gasteiger partial charge in [0.2, 0.25) is 0 Å². The van der Waals surface area contributed by atoms with E-state index in [-0.39, 0.29) is 0 Å². The van der Waals surface area contributed by atoms with Gasteiger partial charge in [0.25, 0.3) is 0 Å². The van der Waals surface area contributed by atoms with E-state index in [1.165, 1.54) is 32.2 Å². The predicted octanol–water partition coefficient (Wildman–Crippen LogP) is 1.20. The van der Waals surface area contributed by atoms with Crippen LogP contribution >= 0.6 is 0 Å². The van der Waals surface area contributed by atoms with Crippen molar-refractivity contribution < 1.29 is 0 Å². The molecule has 0 aromatic carbocycles. The lowest BCUT2D eigenvalue weighted by Gasteiger charge is -2.29. The fourth-order valence-corrected chi connectivity index (χ4v) is 2.98. The first-order chi connectivity index (χ1) is 7.95. The number of aromatic nitrogens is 2. The van der Waals surface area contributed by atoms with Gasteiger partial charge in [-0.3, -0.25) is 0 Å². The number of nitrogens with one attached hydrogen (secondary N) is 1. The molecule has 2 unspecified atom stereocenters. The van der Waals surface area contributed by atoms with Crippen molar-refractivity contribution in [1.29, 1.82) is 0 Å². The van der Waals surface area contributed by atoms with Crippen LogP contribution in [0, 0.1) is 0 Å². The summed E-state index contributed by atoms with van der Waals surface area (Å²) in [7, 11) is 0. The third kappa shape index (κ3) is 1.78. The highest BCUT2D eigenvalue weighted by Gasteiger charge is 2.33. The summed E-state index contributed by atoms with van der Waals surface area (Å²) in [4.78, 5) is 2.43. The molecular formula is C12H18N4. The molecule has 2 atom stereocenters. The van der Waals surface area contributed by atoms with Crippen LogP contribution in [0.3, 0.4) is 0 Å². The normalized spacial score (nSPS) is 29.9. The monoisotopic (exact) mass is 218 g/mol. The topological polar surface area (TPSA) is 41.1 Å². The molecule has 1 aromatic rings. The Bertz CT molecular complexity index is 334. The van der Waals surface area contributed by atoms with Crippen molar-refractivity contribution in [2.75, 3.05) is 18.0 Å². The number of nitrogens with zero attached hydrogens (tertiary/aromatic N) is 3. The van der Waals surface area contributed by atoms with Crippen LogP contribution in [0.5, 0.6) is 0 Å². The quantitative estimate of drug-likeness (QED) is 0.809. The molecule has 0 aliphatic carbocycles. The van der Waals surface area contributed by atoms with Crippen molar-refractivity contribution in [3.8, 4) is 0 Å². The lowest BCUT2D eigenvalue weighted by atomic mass is 10.0. The number of anilines is 1. The summed E-state index contributed by atoms with van der Waals surface area (Å²) in [6.45, 7) is 2.30. The van der Waals surface area contributed by atoms with Crippen LogP contribution in [-0.2, 0) is 0 Å². The van der Waals surface area contributed by atoms with Gasteiger partial charge in [-0.25, -0.2) is 0 Å². The van der Waals surface area contributed by atoms with Crippen molar-refractivity contribution in [1.82, 2.24) is 15.5 Å². The smallest absolute Gasteiger partial charge is 0.151 e. The van der Waals surface area contributed by atoms with E-state index in [0.717, 1.165) is 12.4 Å². The molecule has 3 rings (SSSR count). The van der Waals surface area contributed by atoms with Crippen LogP contribution in [0.15, 0.2) is 18.3 Å². The summed E-state index contributed by atoms with van der Waals surface area (Å²) >= 11 is 0. The Labute approximate surface area is 96.1 Å². The molecular weight excluding hydrogens is 200 g/mol. The first-order valence-corrected chi connectivity index (χ1v) is 6.23. The summed E-state index contributed by atoms with van der Waals surface area (Å²) in [5.41, 5.74) is 0. The molecule has 0 bridgehead atoms. The number of hydrogen-bond donors (Lipinski definition) is 1. The van der Waals surface area contributed by atoms with Crippen molar-refractivity contribution in [2.45, 2.75) is 37.8 Å². The second-order valence-electron chi connectivity index (χ2n) is 4.69. The molecule has 0 radical (unpaired) electrons. The molecule has 1 aromatic heterocycles. The zero-order valence-electron chi connectivity index (χ0n) is 9.47. The van der Waals surface area contributed by atoms with E-state index in [1.54, 1.807) is 6.20 Å². The second kappa shape index (κ2) is 4.37. The molecule has 86 valence electrons. The minimum atomic E-state index is 0.624. The second-order valence-corrected chi connectivity index (χ2v) is 4.69. The fourth-order valence-electron chi connectivity index (χ4n) is 2.98. The molecule has 2 aliphatic heterocycles. The van der Waals surface area contributed by atoms with Gasteiger partial charge in [-0.2, -0.15) is 5.10 Å². The summed E-state index contributed by atoms with van der Waals surface area (Å²) in [6.07, 6.45) is 6.92. The van der Waals surface area contributed by atoms with Crippen LogP contribution in [-0.4, -0.2) is 35.4 Å². The average Bonchev–Trinajstić information content (AvgIpc) is 3.01. The van der Waals surface area contributed by atoms with E-state index in [2.05, 4.69) is 26.5 Å². The zero-order chi connectivity index (χ0) is 10.8. The van der Waals surface area contributed by atoms with Gasteiger partial charge in [0, 0.05) is 24.8 Å². The van der Waals surface area contributed by atoms with Gasteiger partial charge in [-0.15, -0.1) is 5.10 Å². The van der Waals surface area contributed by atoms with Crippen molar-refractivity contribution >= 4 is 5.82 Å². The summed E-state index contributed by atoms with van der Waals surface area (Å²) < 4.78 is 0. The van der Waals surface area contributed by atoms with Crippen LogP contribution in [0.1, 0.15) is 25.7 Å². The van der Waals surface area contributed by atoms with Crippen molar-refractivity contribution in [3.63, 3.8) is 0 Å². The summed E-state index contributed by atoms with van der Waals surface area (Å²) in [5.74, 6) is 1.04. The molecule has 2 fully saturated rings. The average molecular weight is 218 g/mol. The maximum Gasteiger partial charge on any atom is 0.151 e. The van der Waals surface area contributed by atoms with Gasteiger partial charge in [0.1, 0.15) is 0 Å². The highest BCUT2D eigenvalue weighted by molar-refractivity contribution is 5.40. The van der Waals surface area contributed by atoms with Crippen LogP contribution in [0.2, 0.25) is 0 Å². The van der Waals surface area contributed by atoms with E-state index in [1.807, 2.05) is 6.07 Å². The number of hydrogen-bond acceptors (Lipinski definition) is 4. The Hall–Kier alpha value is -1.16.